The standard InChI is InChI=1S/C17H17N3O3S/c1-11-7-12(2)9-13(8-11)18-17(21)10-16-19-14-5-3-4-6-15(14)24(22,23)20-16/h3-9H,10H2,1-2H3,(H,18,21)(H,19,20). The lowest BCUT2D eigenvalue weighted by Gasteiger charge is -2.17. The molecule has 3 rings (SSSR count). The molecule has 2 aromatic rings. The van der Waals surface area contributed by atoms with Gasteiger partial charge in [-0.3, -0.25) is 4.79 Å². The predicted molar refractivity (Wildman–Crippen MR) is 93.8 cm³/mol. The Morgan fingerprint density at radius 2 is 1.79 bits per heavy atom. The minimum Gasteiger partial charge on any atom is -0.341 e. The summed E-state index contributed by atoms with van der Waals surface area (Å²) in [4.78, 5) is 12.3. The number of sulfonamides is 1. The van der Waals surface area contributed by atoms with Gasteiger partial charge in [-0.1, -0.05) is 18.2 Å². The molecule has 2 aromatic carbocycles. The molecule has 2 N–H and O–H groups in total. The second-order valence-corrected chi connectivity index (χ2v) is 7.31. The van der Waals surface area contributed by atoms with Gasteiger partial charge in [-0.25, -0.2) is 0 Å². The summed E-state index contributed by atoms with van der Waals surface area (Å²) in [5.41, 5.74) is 3.18. The molecule has 0 unspecified atom stereocenters. The van der Waals surface area contributed by atoms with Crippen molar-refractivity contribution < 1.29 is 13.2 Å². The molecule has 7 heteroatoms. The van der Waals surface area contributed by atoms with E-state index in [1.807, 2.05) is 32.0 Å². The van der Waals surface area contributed by atoms with Gasteiger partial charge in [0.25, 0.3) is 10.0 Å². The number of amides is 1. The van der Waals surface area contributed by atoms with Crippen LogP contribution in [0.25, 0.3) is 0 Å². The third-order valence-electron chi connectivity index (χ3n) is 3.51. The number of benzene rings is 2. The van der Waals surface area contributed by atoms with Crippen LogP contribution in [-0.4, -0.2) is 20.2 Å². The average molecular weight is 343 g/mol. The van der Waals surface area contributed by atoms with Crippen LogP contribution in [0.5, 0.6) is 0 Å². The van der Waals surface area contributed by atoms with Gasteiger partial charge in [-0.2, -0.15) is 8.42 Å². The SMILES string of the molecule is Cc1cc(C)cc(NC(=O)CC2=NS(=O)(=O)c3ccccc3N2)c1. The van der Waals surface area contributed by atoms with Crippen LogP contribution in [0.15, 0.2) is 51.8 Å². The van der Waals surface area contributed by atoms with Gasteiger partial charge in [0, 0.05) is 5.69 Å². The normalized spacial score (nSPS) is 15.0. The van der Waals surface area contributed by atoms with Gasteiger partial charge in [0.2, 0.25) is 5.91 Å². The van der Waals surface area contributed by atoms with E-state index in [0.29, 0.717) is 11.4 Å². The highest BCUT2D eigenvalue weighted by Crippen LogP contribution is 2.27. The zero-order valence-corrected chi connectivity index (χ0v) is 14.1. The van der Waals surface area contributed by atoms with Crippen molar-refractivity contribution in [3.8, 4) is 0 Å². The van der Waals surface area contributed by atoms with Gasteiger partial charge >= 0.3 is 0 Å². The van der Waals surface area contributed by atoms with Gasteiger partial charge in [0.05, 0.1) is 12.1 Å². The summed E-state index contributed by atoms with van der Waals surface area (Å²) in [6.45, 7) is 3.89. The molecule has 0 atom stereocenters. The molecule has 124 valence electrons. The molecule has 24 heavy (non-hydrogen) atoms. The molecule has 1 heterocycles. The molecule has 0 fully saturated rings. The number of rotatable bonds is 3. The zero-order valence-electron chi connectivity index (χ0n) is 13.3. The Morgan fingerprint density at radius 3 is 2.50 bits per heavy atom. The van der Waals surface area contributed by atoms with E-state index >= 15 is 0 Å². The van der Waals surface area contributed by atoms with Crippen LogP contribution in [-0.2, 0) is 14.8 Å². The molecule has 6 nitrogen and oxygen atoms in total. The Bertz CT molecular complexity index is 929. The fourth-order valence-corrected chi connectivity index (χ4v) is 3.79. The number of para-hydroxylation sites is 1. The molecule has 0 saturated heterocycles. The summed E-state index contributed by atoms with van der Waals surface area (Å²) in [5, 5.41) is 5.67. The summed E-state index contributed by atoms with van der Waals surface area (Å²) in [7, 11) is -3.78. The van der Waals surface area contributed by atoms with Gasteiger partial charge in [0.1, 0.15) is 10.7 Å². The Morgan fingerprint density at radius 1 is 1.12 bits per heavy atom. The van der Waals surface area contributed by atoms with Crippen molar-refractivity contribution in [3.63, 3.8) is 0 Å². The number of nitrogens with zero attached hydrogens (tertiary/aromatic N) is 1. The molecule has 1 aliphatic heterocycles. The third kappa shape index (κ3) is 3.46. The lowest BCUT2D eigenvalue weighted by Crippen LogP contribution is -2.26. The summed E-state index contributed by atoms with van der Waals surface area (Å²) < 4.78 is 28.0. The average Bonchev–Trinajstić information content (AvgIpc) is 2.45. The van der Waals surface area contributed by atoms with Crippen molar-refractivity contribution in [2.24, 2.45) is 4.40 Å². The van der Waals surface area contributed by atoms with Crippen LogP contribution < -0.4 is 10.6 Å². The number of amidine groups is 1. The highest BCUT2D eigenvalue weighted by Gasteiger charge is 2.25. The van der Waals surface area contributed by atoms with Crippen LogP contribution in [0, 0.1) is 13.8 Å². The lowest BCUT2D eigenvalue weighted by atomic mass is 10.1. The molecule has 0 aliphatic carbocycles. The highest BCUT2D eigenvalue weighted by molar-refractivity contribution is 7.90. The molecular formula is C17H17N3O3S. The van der Waals surface area contributed by atoms with Gasteiger partial charge in [0.15, 0.2) is 0 Å². The largest absolute Gasteiger partial charge is 0.341 e. The van der Waals surface area contributed by atoms with Gasteiger partial charge in [-0.05, 0) is 49.2 Å². The smallest absolute Gasteiger partial charge is 0.286 e. The molecule has 1 aliphatic rings. The summed E-state index contributed by atoms with van der Waals surface area (Å²) in [5.74, 6) is -0.226. The minimum atomic E-state index is -3.78. The van der Waals surface area contributed by atoms with E-state index in [1.165, 1.54) is 6.07 Å². The number of fused-ring (bicyclic) bond motifs is 1. The van der Waals surface area contributed by atoms with Crippen molar-refractivity contribution in [3.05, 3.63) is 53.6 Å². The first kappa shape index (κ1) is 16.2. The number of aryl methyl sites for hydroxylation is 2. The van der Waals surface area contributed by atoms with E-state index < -0.39 is 10.0 Å². The maximum absolute atomic E-state index is 12.2. The number of anilines is 2. The molecule has 0 spiro atoms. The minimum absolute atomic E-state index is 0.107. The van der Waals surface area contributed by atoms with Gasteiger partial charge < -0.3 is 10.6 Å². The molecule has 0 aromatic heterocycles. The fraction of sp³-hybridized carbons (Fsp3) is 0.176. The van der Waals surface area contributed by atoms with Crippen molar-refractivity contribution >= 4 is 33.1 Å². The molecular weight excluding hydrogens is 326 g/mol. The second kappa shape index (κ2) is 6.09. The van der Waals surface area contributed by atoms with E-state index in [9.17, 15) is 13.2 Å². The number of nitrogens with one attached hydrogen (secondary N) is 2. The topological polar surface area (TPSA) is 87.6 Å². The Labute approximate surface area is 140 Å². The van der Waals surface area contributed by atoms with Crippen molar-refractivity contribution in [2.75, 3.05) is 10.6 Å². The summed E-state index contributed by atoms with van der Waals surface area (Å²) in [6, 6.07) is 12.2. The maximum Gasteiger partial charge on any atom is 0.286 e. The second-order valence-electron chi connectivity index (χ2n) is 5.74. The first-order chi connectivity index (χ1) is 11.3. The van der Waals surface area contributed by atoms with Gasteiger partial charge in [-0.15, -0.1) is 4.40 Å². The van der Waals surface area contributed by atoms with E-state index in [2.05, 4.69) is 15.0 Å². The molecule has 0 radical (unpaired) electrons. The van der Waals surface area contributed by atoms with E-state index in [0.717, 1.165) is 11.1 Å². The molecule has 0 saturated carbocycles. The van der Waals surface area contributed by atoms with E-state index in [1.54, 1.807) is 18.2 Å². The van der Waals surface area contributed by atoms with Crippen molar-refractivity contribution in [2.45, 2.75) is 25.2 Å². The van der Waals surface area contributed by atoms with Crippen LogP contribution in [0.2, 0.25) is 0 Å². The quantitative estimate of drug-likeness (QED) is 0.897. The number of hydrogen-bond donors (Lipinski definition) is 2. The lowest BCUT2D eigenvalue weighted by molar-refractivity contribution is -0.115. The summed E-state index contributed by atoms with van der Waals surface area (Å²) >= 11 is 0. The maximum atomic E-state index is 12.2. The number of hydrogen-bond acceptors (Lipinski definition) is 4. The van der Waals surface area contributed by atoms with Crippen LogP contribution in [0.1, 0.15) is 17.5 Å². The highest BCUT2D eigenvalue weighted by atomic mass is 32.2. The van der Waals surface area contributed by atoms with Crippen LogP contribution in [0.3, 0.4) is 0 Å². The third-order valence-corrected chi connectivity index (χ3v) is 4.88. The fourth-order valence-electron chi connectivity index (χ4n) is 2.65. The van der Waals surface area contributed by atoms with Crippen LogP contribution in [0.4, 0.5) is 11.4 Å². The first-order valence-corrected chi connectivity index (χ1v) is 8.85. The number of carbonyl (C=O) groups excluding carboxylic acids is 1. The Kier molecular flexibility index (Phi) is 4.11. The van der Waals surface area contributed by atoms with Crippen LogP contribution >= 0.6 is 0 Å². The first-order valence-electron chi connectivity index (χ1n) is 7.41. The van der Waals surface area contributed by atoms with Crippen molar-refractivity contribution in [1.29, 1.82) is 0 Å². The Balaban J connectivity index is 1.77. The van der Waals surface area contributed by atoms with E-state index in [-0.39, 0.29) is 23.1 Å². The summed E-state index contributed by atoms with van der Waals surface area (Å²) in [6.07, 6.45) is -0.152. The number of carbonyl (C=O) groups is 1. The Hall–Kier alpha value is -2.67. The zero-order chi connectivity index (χ0) is 17.3. The molecule has 1 amide bonds. The predicted octanol–water partition coefficient (Wildman–Crippen LogP) is 2.84. The van der Waals surface area contributed by atoms with Crippen molar-refractivity contribution in [1.82, 2.24) is 0 Å². The molecule has 0 bridgehead atoms. The monoisotopic (exact) mass is 343 g/mol. The van der Waals surface area contributed by atoms with E-state index in [4.69, 9.17) is 0 Å².